The minimum atomic E-state index is 0. The molecule has 2 fully saturated rings. The highest BCUT2D eigenvalue weighted by molar-refractivity contribution is 7.13. The molecule has 4 rings (SSSR count). The van der Waals surface area contributed by atoms with E-state index in [4.69, 9.17) is 10.3 Å². The Labute approximate surface area is 181 Å². The van der Waals surface area contributed by atoms with Crippen molar-refractivity contribution in [2.75, 3.05) is 32.7 Å². The number of nitrogens with two attached hydrogens (primary N) is 1. The summed E-state index contributed by atoms with van der Waals surface area (Å²) >= 11 is 1.60. The lowest BCUT2D eigenvalue weighted by Crippen LogP contribution is -2.50. The Kier molecular flexibility index (Phi) is 8.70. The van der Waals surface area contributed by atoms with Crippen LogP contribution in [0.5, 0.6) is 0 Å². The smallest absolute Gasteiger partial charge is 0.241 e. The molecule has 2 aromatic rings. The maximum atomic E-state index is 12.8. The number of piperazine rings is 1. The molecule has 0 aromatic carbocycles. The quantitative estimate of drug-likeness (QED) is 0.757. The molecule has 156 valence electrons. The van der Waals surface area contributed by atoms with Crippen LogP contribution in [0.1, 0.15) is 25.2 Å². The van der Waals surface area contributed by atoms with Crippen LogP contribution in [0.2, 0.25) is 0 Å². The highest BCUT2D eigenvalue weighted by atomic mass is 35.5. The largest absolute Gasteiger partial charge is 0.340 e. The van der Waals surface area contributed by atoms with Crippen LogP contribution < -0.4 is 5.73 Å². The molecule has 1 amide bonds. The molecule has 0 bridgehead atoms. The van der Waals surface area contributed by atoms with Gasteiger partial charge in [-0.3, -0.25) is 9.69 Å². The summed E-state index contributed by atoms with van der Waals surface area (Å²) in [4.78, 5) is 22.6. The van der Waals surface area contributed by atoms with Gasteiger partial charge in [-0.15, -0.1) is 36.2 Å². The standard InChI is InChI=1S/C18H25N5O2S.2ClH/c19-11-13-3-1-4-14(13)18(24)23-8-6-22(7-9-23)12-16-20-17(21-25-16)15-5-2-10-26-15;;/h2,5,10,13-14H,1,3-4,6-9,11-12,19H2;2*1H/t13-,14-;;/m1../s1. The number of hydrogen-bond acceptors (Lipinski definition) is 7. The zero-order valence-corrected chi connectivity index (χ0v) is 18.1. The second-order valence-electron chi connectivity index (χ2n) is 7.12. The Morgan fingerprint density at radius 1 is 1.25 bits per heavy atom. The monoisotopic (exact) mass is 447 g/mol. The van der Waals surface area contributed by atoms with Gasteiger partial charge in [0.25, 0.3) is 0 Å². The van der Waals surface area contributed by atoms with Crippen LogP contribution in [0.3, 0.4) is 0 Å². The zero-order chi connectivity index (χ0) is 17.9. The Morgan fingerprint density at radius 3 is 2.71 bits per heavy atom. The zero-order valence-electron chi connectivity index (χ0n) is 15.7. The normalized spacial score (nSPS) is 22.5. The van der Waals surface area contributed by atoms with Crippen LogP contribution in [-0.2, 0) is 11.3 Å². The number of amides is 1. The summed E-state index contributed by atoms with van der Waals surface area (Å²) in [6, 6.07) is 3.97. The summed E-state index contributed by atoms with van der Waals surface area (Å²) in [6.45, 7) is 4.46. The molecule has 2 aromatic heterocycles. The van der Waals surface area contributed by atoms with E-state index in [1.165, 1.54) is 0 Å². The van der Waals surface area contributed by atoms with Gasteiger partial charge in [-0.2, -0.15) is 4.98 Å². The van der Waals surface area contributed by atoms with E-state index >= 15 is 0 Å². The first-order valence-corrected chi connectivity index (χ1v) is 10.2. The van der Waals surface area contributed by atoms with Gasteiger partial charge >= 0.3 is 0 Å². The average molecular weight is 448 g/mol. The van der Waals surface area contributed by atoms with Gasteiger partial charge in [0, 0.05) is 32.1 Å². The van der Waals surface area contributed by atoms with Gasteiger partial charge in [0.1, 0.15) is 0 Å². The second-order valence-corrected chi connectivity index (χ2v) is 8.07. The number of thiophene rings is 1. The van der Waals surface area contributed by atoms with Crippen molar-refractivity contribution in [1.29, 1.82) is 0 Å². The minimum absolute atomic E-state index is 0. The summed E-state index contributed by atoms with van der Waals surface area (Å²) in [5, 5.41) is 6.06. The highest BCUT2D eigenvalue weighted by Gasteiger charge is 2.35. The molecular weight excluding hydrogens is 421 g/mol. The molecule has 1 saturated carbocycles. The molecule has 0 unspecified atom stereocenters. The van der Waals surface area contributed by atoms with Gasteiger partial charge in [0.15, 0.2) is 0 Å². The van der Waals surface area contributed by atoms with E-state index in [9.17, 15) is 4.79 Å². The van der Waals surface area contributed by atoms with E-state index in [-0.39, 0.29) is 30.7 Å². The second kappa shape index (κ2) is 10.5. The lowest BCUT2D eigenvalue weighted by atomic mass is 9.94. The fraction of sp³-hybridized carbons (Fsp3) is 0.611. The third-order valence-corrected chi connectivity index (χ3v) is 6.40. The van der Waals surface area contributed by atoms with Crippen LogP contribution >= 0.6 is 36.2 Å². The molecule has 0 radical (unpaired) electrons. The number of rotatable bonds is 5. The van der Waals surface area contributed by atoms with E-state index in [2.05, 4.69) is 15.0 Å². The van der Waals surface area contributed by atoms with Gasteiger partial charge in [0.05, 0.1) is 11.4 Å². The van der Waals surface area contributed by atoms with Crippen molar-refractivity contribution < 1.29 is 9.32 Å². The summed E-state index contributed by atoms with van der Waals surface area (Å²) in [6.07, 6.45) is 3.22. The van der Waals surface area contributed by atoms with Crippen LogP contribution in [0, 0.1) is 11.8 Å². The van der Waals surface area contributed by atoms with E-state index in [1.54, 1.807) is 11.3 Å². The van der Waals surface area contributed by atoms with Crippen LogP contribution in [-0.4, -0.2) is 58.6 Å². The van der Waals surface area contributed by atoms with Gasteiger partial charge < -0.3 is 15.2 Å². The molecule has 1 aliphatic carbocycles. The minimum Gasteiger partial charge on any atom is -0.340 e. The summed E-state index contributed by atoms with van der Waals surface area (Å²) < 4.78 is 5.38. The van der Waals surface area contributed by atoms with E-state index in [0.717, 1.165) is 50.3 Å². The molecule has 10 heteroatoms. The number of nitrogens with zero attached hydrogens (tertiary/aromatic N) is 4. The number of aromatic nitrogens is 2. The third kappa shape index (κ3) is 5.04. The lowest BCUT2D eigenvalue weighted by molar-refractivity contribution is -0.138. The topological polar surface area (TPSA) is 88.5 Å². The highest BCUT2D eigenvalue weighted by Crippen LogP contribution is 2.32. The van der Waals surface area contributed by atoms with Crippen molar-refractivity contribution in [1.82, 2.24) is 19.9 Å². The predicted octanol–water partition coefficient (Wildman–Crippen LogP) is 2.66. The lowest BCUT2D eigenvalue weighted by Gasteiger charge is -2.36. The van der Waals surface area contributed by atoms with Crippen LogP contribution in [0.15, 0.2) is 22.0 Å². The van der Waals surface area contributed by atoms with Crippen LogP contribution in [0.4, 0.5) is 0 Å². The molecular formula is C18H27Cl2N5O2S. The number of carbonyl (C=O) groups is 1. The summed E-state index contributed by atoms with van der Waals surface area (Å²) in [5.41, 5.74) is 5.84. The Hall–Kier alpha value is -1.19. The number of halogens is 2. The van der Waals surface area contributed by atoms with E-state index < -0.39 is 0 Å². The van der Waals surface area contributed by atoms with Crippen LogP contribution in [0.25, 0.3) is 10.7 Å². The van der Waals surface area contributed by atoms with Crippen molar-refractivity contribution in [2.24, 2.45) is 17.6 Å². The number of hydrogen-bond donors (Lipinski definition) is 1. The molecule has 1 aliphatic heterocycles. The first kappa shape index (κ1) is 23.1. The maximum absolute atomic E-state index is 12.8. The molecule has 0 spiro atoms. The van der Waals surface area contributed by atoms with Gasteiger partial charge in [0.2, 0.25) is 17.6 Å². The van der Waals surface area contributed by atoms with Crippen molar-refractivity contribution in [3.63, 3.8) is 0 Å². The van der Waals surface area contributed by atoms with Crippen molar-refractivity contribution >= 4 is 42.1 Å². The summed E-state index contributed by atoms with van der Waals surface area (Å²) in [5.74, 6) is 2.09. The molecule has 2 atom stereocenters. The van der Waals surface area contributed by atoms with Gasteiger partial charge in [-0.1, -0.05) is 17.6 Å². The first-order valence-electron chi connectivity index (χ1n) is 9.32. The Bertz CT molecular complexity index is 734. The molecule has 1 saturated heterocycles. The number of carbonyl (C=O) groups excluding carboxylic acids is 1. The molecule has 3 heterocycles. The fourth-order valence-corrected chi connectivity index (χ4v) is 4.67. The molecule has 2 N–H and O–H groups in total. The van der Waals surface area contributed by atoms with Crippen molar-refractivity contribution in [2.45, 2.75) is 25.8 Å². The summed E-state index contributed by atoms with van der Waals surface area (Å²) in [7, 11) is 0. The SMILES string of the molecule is Cl.Cl.NC[C@H]1CCC[C@H]1C(=O)N1CCN(Cc2nc(-c3cccs3)no2)CC1. The predicted molar refractivity (Wildman–Crippen MR) is 114 cm³/mol. The molecule has 2 aliphatic rings. The molecule has 28 heavy (non-hydrogen) atoms. The average Bonchev–Trinajstić information content (AvgIpc) is 3.42. The first-order chi connectivity index (χ1) is 12.7. The van der Waals surface area contributed by atoms with Crippen molar-refractivity contribution in [3.8, 4) is 10.7 Å². The maximum Gasteiger partial charge on any atom is 0.241 e. The Balaban J connectivity index is 0.00000140. The Morgan fingerprint density at radius 2 is 2.04 bits per heavy atom. The third-order valence-electron chi connectivity index (χ3n) is 5.53. The van der Waals surface area contributed by atoms with E-state index in [1.807, 2.05) is 22.4 Å². The van der Waals surface area contributed by atoms with Gasteiger partial charge in [-0.25, -0.2) is 0 Å². The van der Waals surface area contributed by atoms with E-state index in [0.29, 0.717) is 36.6 Å². The van der Waals surface area contributed by atoms with Crippen molar-refractivity contribution in [3.05, 3.63) is 23.4 Å². The van der Waals surface area contributed by atoms with Gasteiger partial charge in [-0.05, 0) is 36.8 Å². The molecule has 7 nitrogen and oxygen atoms in total. The fourth-order valence-electron chi connectivity index (χ4n) is 4.02.